The molecule has 1 atom stereocenters. The zero-order valence-electron chi connectivity index (χ0n) is 12.9. The second-order valence-electron chi connectivity index (χ2n) is 5.64. The van der Waals surface area contributed by atoms with E-state index >= 15 is 0 Å². The molecule has 1 fully saturated rings. The van der Waals surface area contributed by atoms with Crippen LogP contribution in [0, 0.1) is 10.1 Å². The normalized spacial score (nSPS) is 16.9. The molecule has 0 radical (unpaired) electrons. The molecule has 1 aliphatic rings. The summed E-state index contributed by atoms with van der Waals surface area (Å²) in [5, 5.41) is 14.2. The van der Waals surface area contributed by atoms with E-state index in [1.807, 2.05) is 12.1 Å². The molecule has 0 aliphatic carbocycles. The lowest BCUT2D eigenvalue weighted by Gasteiger charge is -2.33. The van der Waals surface area contributed by atoms with Crippen LogP contribution in [-0.2, 0) is 0 Å². The van der Waals surface area contributed by atoms with Gasteiger partial charge in [0.25, 0.3) is 0 Å². The highest BCUT2D eigenvalue weighted by molar-refractivity contribution is 5.55. The molecule has 1 unspecified atom stereocenters. The van der Waals surface area contributed by atoms with Crippen LogP contribution in [0.1, 0.15) is 31.1 Å². The van der Waals surface area contributed by atoms with Crippen LogP contribution in [0.4, 0.5) is 11.5 Å². The molecule has 122 valence electrons. The average molecular weight is 316 g/mol. The smallest absolute Gasteiger partial charge is 0.311 e. The molecule has 7 nitrogen and oxygen atoms in total. The third kappa shape index (κ3) is 3.68. The van der Waals surface area contributed by atoms with Crippen LogP contribution < -0.4 is 5.32 Å². The van der Waals surface area contributed by atoms with Gasteiger partial charge in [0, 0.05) is 18.8 Å². The molecule has 7 heteroatoms. The maximum Gasteiger partial charge on any atom is 0.311 e. The predicted octanol–water partition coefficient (Wildman–Crippen LogP) is 3.22. The first-order valence-corrected chi connectivity index (χ1v) is 7.86. The van der Waals surface area contributed by atoms with Gasteiger partial charge in [0.1, 0.15) is 5.76 Å². The molecular weight excluding hydrogens is 296 g/mol. The minimum Gasteiger partial charge on any atom is -0.468 e. The first-order chi connectivity index (χ1) is 11.3. The molecule has 0 bridgehead atoms. The van der Waals surface area contributed by atoms with Crippen LogP contribution in [0.5, 0.6) is 0 Å². The lowest BCUT2D eigenvalue weighted by Crippen LogP contribution is -2.37. The Hall–Kier alpha value is -2.41. The Kier molecular flexibility index (Phi) is 4.87. The second-order valence-corrected chi connectivity index (χ2v) is 5.64. The summed E-state index contributed by atoms with van der Waals surface area (Å²) in [5.41, 5.74) is -0.00987. The quantitative estimate of drug-likeness (QED) is 0.650. The summed E-state index contributed by atoms with van der Waals surface area (Å²) in [5.74, 6) is 1.17. The zero-order valence-corrected chi connectivity index (χ0v) is 12.9. The summed E-state index contributed by atoms with van der Waals surface area (Å²) in [6, 6.07) is 6.89. The number of hydrogen-bond acceptors (Lipinski definition) is 6. The standard InChI is InChI=1S/C16H20N4O3/c21-20(22)13-6-4-8-17-16(13)18-12-14(15-7-5-11-23-15)19-9-2-1-3-10-19/h4-8,11,14H,1-3,9-10,12H2,(H,17,18). The van der Waals surface area contributed by atoms with Crippen molar-refractivity contribution >= 4 is 11.5 Å². The van der Waals surface area contributed by atoms with Gasteiger partial charge in [-0.25, -0.2) is 4.98 Å². The van der Waals surface area contributed by atoms with Crippen molar-refractivity contribution < 1.29 is 9.34 Å². The third-order valence-electron chi connectivity index (χ3n) is 4.15. The molecule has 1 N–H and O–H groups in total. The molecule has 23 heavy (non-hydrogen) atoms. The number of nitrogens with one attached hydrogen (secondary N) is 1. The molecule has 1 aliphatic heterocycles. The molecule has 0 aromatic carbocycles. The van der Waals surface area contributed by atoms with E-state index < -0.39 is 4.92 Å². The Morgan fingerprint density at radius 2 is 2.13 bits per heavy atom. The van der Waals surface area contributed by atoms with Crippen molar-refractivity contribution in [2.24, 2.45) is 0 Å². The van der Waals surface area contributed by atoms with Crippen molar-refractivity contribution in [1.82, 2.24) is 9.88 Å². The molecule has 1 saturated heterocycles. The largest absolute Gasteiger partial charge is 0.468 e. The Bertz CT molecular complexity index is 639. The van der Waals surface area contributed by atoms with Crippen LogP contribution in [-0.4, -0.2) is 34.4 Å². The monoisotopic (exact) mass is 316 g/mol. The number of nitro groups is 1. The van der Waals surface area contributed by atoms with Gasteiger partial charge in [-0.15, -0.1) is 0 Å². The van der Waals surface area contributed by atoms with Gasteiger partial charge < -0.3 is 9.73 Å². The summed E-state index contributed by atoms with van der Waals surface area (Å²) < 4.78 is 5.58. The fourth-order valence-corrected chi connectivity index (χ4v) is 2.99. The van der Waals surface area contributed by atoms with Gasteiger partial charge in [-0.2, -0.15) is 0 Å². The average Bonchev–Trinajstić information content (AvgIpc) is 3.10. The Labute approximate surface area is 134 Å². The van der Waals surface area contributed by atoms with E-state index in [-0.39, 0.29) is 11.7 Å². The van der Waals surface area contributed by atoms with E-state index in [1.165, 1.54) is 25.3 Å². The summed E-state index contributed by atoms with van der Waals surface area (Å²) in [4.78, 5) is 17.1. The number of nitrogens with zero attached hydrogens (tertiary/aromatic N) is 3. The van der Waals surface area contributed by atoms with Crippen molar-refractivity contribution in [2.45, 2.75) is 25.3 Å². The van der Waals surface area contributed by atoms with E-state index in [9.17, 15) is 10.1 Å². The highest BCUT2D eigenvalue weighted by Gasteiger charge is 2.25. The van der Waals surface area contributed by atoms with Crippen LogP contribution in [0.15, 0.2) is 41.1 Å². The van der Waals surface area contributed by atoms with E-state index in [2.05, 4.69) is 15.2 Å². The number of aromatic nitrogens is 1. The molecule has 0 amide bonds. The maximum atomic E-state index is 11.1. The SMILES string of the molecule is O=[N+]([O-])c1cccnc1NCC(c1ccco1)N1CCCCC1. The maximum absolute atomic E-state index is 11.1. The van der Waals surface area contributed by atoms with E-state index in [0.717, 1.165) is 18.8 Å². The molecule has 2 aromatic rings. The number of rotatable bonds is 6. The Morgan fingerprint density at radius 3 is 2.83 bits per heavy atom. The fourth-order valence-electron chi connectivity index (χ4n) is 2.99. The fraction of sp³-hybridized carbons (Fsp3) is 0.438. The van der Waals surface area contributed by atoms with Crippen molar-refractivity contribution in [1.29, 1.82) is 0 Å². The number of likely N-dealkylation sites (tertiary alicyclic amines) is 1. The van der Waals surface area contributed by atoms with Gasteiger partial charge in [-0.1, -0.05) is 6.42 Å². The van der Waals surface area contributed by atoms with Gasteiger partial charge in [0.05, 0.1) is 17.2 Å². The number of pyridine rings is 1. The van der Waals surface area contributed by atoms with Gasteiger partial charge in [-0.05, 0) is 44.1 Å². The van der Waals surface area contributed by atoms with E-state index in [0.29, 0.717) is 12.4 Å². The minimum atomic E-state index is -0.419. The van der Waals surface area contributed by atoms with E-state index in [1.54, 1.807) is 18.5 Å². The topological polar surface area (TPSA) is 84.4 Å². The number of piperidine rings is 1. The van der Waals surface area contributed by atoms with Gasteiger partial charge >= 0.3 is 5.69 Å². The molecule has 3 rings (SSSR count). The van der Waals surface area contributed by atoms with Crippen LogP contribution >= 0.6 is 0 Å². The summed E-state index contributed by atoms with van der Waals surface area (Å²) in [6.45, 7) is 2.54. The first kappa shape index (κ1) is 15.5. The first-order valence-electron chi connectivity index (χ1n) is 7.86. The lowest BCUT2D eigenvalue weighted by atomic mass is 10.1. The number of hydrogen-bond donors (Lipinski definition) is 1. The lowest BCUT2D eigenvalue weighted by molar-refractivity contribution is -0.384. The molecular formula is C16H20N4O3. The molecule has 2 aromatic heterocycles. The van der Waals surface area contributed by atoms with Gasteiger partial charge in [0.15, 0.2) is 0 Å². The highest BCUT2D eigenvalue weighted by atomic mass is 16.6. The van der Waals surface area contributed by atoms with Crippen molar-refractivity contribution in [3.63, 3.8) is 0 Å². The highest BCUT2D eigenvalue weighted by Crippen LogP contribution is 2.27. The van der Waals surface area contributed by atoms with Crippen molar-refractivity contribution in [3.05, 3.63) is 52.6 Å². The number of anilines is 1. The van der Waals surface area contributed by atoms with Crippen molar-refractivity contribution in [2.75, 3.05) is 25.0 Å². The van der Waals surface area contributed by atoms with Crippen molar-refractivity contribution in [3.8, 4) is 0 Å². The van der Waals surface area contributed by atoms with Gasteiger partial charge in [-0.3, -0.25) is 15.0 Å². The Balaban J connectivity index is 1.75. The molecule has 0 saturated carbocycles. The van der Waals surface area contributed by atoms with E-state index in [4.69, 9.17) is 4.42 Å². The predicted molar refractivity (Wildman–Crippen MR) is 86.3 cm³/mol. The van der Waals surface area contributed by atoms with Crippen LogP contribution in [0.25, 0.3) is 0 Å². The molecule has 3 heterocycles. The summed E-state index contributed by atoms with van der Waals surface area (Å²) in [6.07, 6.45) is 6.80. The van der Waals surface area contributed by atoms with Crippen LogP contribution in [0.2, 0.25) is 0 Å². The minimum absolute atomic E-state index is 0.00987. The zero-order chi connectivity index (χ0) is 16.1. The second kappa shape index (κ2) is 7.23. The summed E-state index contributed by atoms with van der Waals surface area (Å²) in [7, 11) is 0. The molecule has 0 spiro atoms. The number of furan rings is 1. The summed E-state index contributed by atoms with van der Waals surface area (Å²) >= 11 is 0. The Morgan fingerprint density at radius 1 is 1.30 bits per heavy atom. The third-order valence-corrected chi connectivity index (χ3v) is 4.15. The van der Waals surface area contributed by atoms with Crippen LogP contribution in [0.3, 0.4) is 0 Å². The van der Waals surface area contributed by atoms with Gasteiger partial charge in [0.2, 0.25) is 5.82 Å².